The lowest BCUT2D eigenvalue weighted by Gasteiger charge is -2.22. The van der Waals surface area contributed by atoms with Gasteiger partial charge in [0.25, 0.3) is 0 Å². The highest BCUT2D eigenvalue weighted by atomic mass is 32.1. The maximum Gasteiger partial charge on any atom is 0.226 e. The molecule has 2 aromatic rings. The van der Waals surface area contributed by atoms with Crippen LogP contribution in [0.15, 0.2) is 43.0 Å². The van der Waals surface area contributed by atoms with Crippen LogP contribution in [0.5, 0.6) is 0 Å². The van der Waals surface area contributed by atoms with Crippen molar-refractivity contribution in [2.24, 2.45) is 0 Å². The fraction of sp³-hybridized carbons (Fsp3) is 0.458. The van der Waals surface area contributed by atoms with E-state index in [0.717, 1.165) is 36.6 Å². The first-order valence-electron chi connectivity index (χ1n) is 10.6. The molecule has 160 valence electrons. The minimum Gasteiger partial charge on any atom is -0.385 e. The molecule has 0 aliphatic rings. The van der Waals surface area contributed by atoms with E-state index in [1.54, 1.807) is 11.3 Å². The number of anilines is 2. The third-order valence-electron chi connectivity index (χ3n) is 4.58. The van der Waals surface area contributed by atoms with E-state index in [0.29, 0.717) is 13.0 Å². The van der Waals surface area contributed by atoms with Crippen LogP contribution >= 0.6 is 11.3 Å². The summed E-state index contributed by atoms with van der Waals surface area (Å²) < 4.78 is 0. The smallest absolute Gasteiger partial charge is 0.226 e. The van der Waals surface area contributed by atoms with Crippen LogP contribution in [0.3, 0.4) is 0 Å². The molecule has 0 saturated heterocycles. The number of nitrogens with one attached hydrogen (secondary N) is 1. The minimum absolute atomic E-state index is 0.155. The van der Waals surface area contributed by atoms with Crippen LogP contribution in [0.1, 0.15) is 50.3 Å². The highest BCUT2D eigenvalue weighted by Crippen LogP contribution is 2.24. The number of aryl methyl sites for hydroxylation is 1. The summed E-state index contributed by atoms with van der Waals surface area (Å²) in [6, 6.07) is 12.4. The van der Waals surface area contributed by atoms with Crippen LogP contribution in [0.2, 0.25) is 0 Å². The average molecular weight is 416 g/mol. The van der Waals surface area contributed by atoms with Crippen LogP contribution in [0.25, 0.3) is 5.70 Å². The molecule has 2 rings (SSSR count). The molecule has 0 spiro atoms. The summed E-state index contributed by atoms with van der Waals surface area (Å²) >= 11 is 1.78. The Kier molecular flexibility index (Phi) is 11.1. The van der Waals surface area contributed by atoms with E-state index in [1.807, 2.05) is 56.9 Å². The molecule has 0 bridgehead atoms. The molecular weight excluding hydrogens is 378 g/mol. The molecule has 1 aromatic carbocycles. The van der Waals surface area contributed by atoms with E-state index in [-0.39, 0.29) is 5.91 Å². The summed E-state index contributed by atoms with van der Waals surface area (Å²) in [5.74, 6) is 0.155. The Labute approximate surface area is 181 Å². The Bertz CT molecular complexity index is 752. The molecule has 1 heterocycles. The maximum atomic E-state index is 12.0. The second kappa shape index (κ2) is 13.0. The summed E-state index contributed by atoms with van der Waals surface area (Å²) in [7, 11) is 2.09. The first-order chi connectivity index (χ1) is 14.0. The van der Waals surface area contributed by atoms with Crippen LogP contribution in [0, 0.1) is 6.92 Å². The second-order valence-electron chi connectivity index (χ2n) is 6.60. The van der Waals surface area contributed by atoms with Crippen molar-refractivity contribution in [2.75, 3.05) is 36.9 Å². The Morgan fingerprint density at radius 2 is 1.76 bits per heavy atom. The molecule has 29 heavy (non-hydrogen) atoms. The number of amides is 1. The van der Waals surface area contributed by atoms with Gasteiger partial charge in [-0.25, -0.2) is 0 Å². The molecule has 0 aliphatic heterocycles. The highest BCUT2D eigenvalue weighted by Gasteiger charge is 2.11. The van der Waals surface area contributed by atoms with Crippen molar-refractivity contribution in [3.05, 3.63) is 52.7 Å². The number of carbonyl (C=O) groups is 1. The number of hydrogen-bond acceptors (Lipinski definition) is 4. The molecule has 0 radical (unpaired) electrons. The van der Waals surface area contributed by atoms with Crippen molar-refractivity contribution in [1.29, 1.82) is 0 Å². The van der Waals surface area contributed by atoms with Gasteiger partial charge in [0.2, 0.25) is 5.91 Å². The molecule has 1 aromatic heterocycles. The number of nitrogens with zero attached hydrogens (tertiary/aromatic N) is 2. The van der Waals surface area contributed by atoms with Crippen LogP contribution in [0.4, 0.5) is 11.4 Å². The first kappa shape index (κ1) is 24.8. The van der Waals surface area contributed by atoms with E-state index in [2.05, 4.69) is 42.9 Å². The van der Waals surface area contributed by atoms with Crippen LogP contribution in [-0.2, 0) is 4.79 Å². The topological polar surface area (TPSA) is 35.6 Å². The van der Waals surface area contributed by atoms with Gasteiger partial charge in [0.15, 0.2) is 0 Å². The Balaban J connectivity index is 0.00000204. The fourth-order valence-corrected chi connectivity index (χ4v) is 3.81. The number of hydrogen-bond donors (Lipinski definition) is 1. The van der Waals surface area contributed by atoms with Crippen molar-refractivity contribution < 1.29 is 4.79 Å². The molecule has 1 N–H and O–H groups in total. The molecular formula is C24H37N3OS. The molecule has 4 nitrogen and oxygen atoms in total. The van der Waals surface area contributed by atoms with E-state index >= 15 is 0 Å². The largest absolute Gasteiger partial charge is 0.385 e. The van der Waals surface area contributed by atoms with Gasteiger partial charge in [-0.15, -0.1) is 11.3 Å². The Morgan fingerprint density at radius 3 is 2.28 bits per heavy atom. The van der Waals surface area contributed by atoms with E-state index in [4.69, 9.17) is 0 Å². The molecule has 0 atom stereocenters. The second-order valence-corrected chi connectivity index (χ2v) is 7.89. The third-order valence-corrected chi connectivity index (χ3v) is 5.63. The zero-order valence-corrected chi connectivity index (χ0v) is 19.7. The normalized spacial score (nSPS) is 10.0. The summed E-state index contributed by atoms with van der Waals surface area (Å²) in [5, 5.41) is 3.45. The first-order valence-corrected chi connectivity index (χ1v) is 11.4. The van der Waals surface area contributed by atoms with Gasteiger partial charge in [0.1, 0.15) is 0 Å². The number of rotatable bonds is 10. The summed E-state index contributed by atoms with van der Waals surface area (Å²) in [6.45, 7) is 16.8. The predicted molar refractivity (Wildman–Crippen MR) is 130 cm³/mol. The Hall–Kier alpha value is -2.27. The van der Waals surface area contributed by atoms with Gasteiger partial charge in [-0.3, -0.25) is 4.79 Å². The summed E-state index contributed by atoms with van der Waals surface area (Å²) in [6.07, 6.45) is 1.55. The number of benzene rings is 1. The zero-order chi connectivity index (χ0) is 21.8. The zero-order valence-electron chi connectivity index (χ0n) is 18.9. The van der Waals surface area contributed by atoms with E-state index in [1.165, 1.54) is 9.75 Å². The lowest BCUT2D eigenvalue weighted by atomic mass is 10.2. The monoisotopic (exact) mass is 415 g/mol. The predicted octanol–water partition coefficient (Wildman–Crippen LogP) is 6.25. The van der Waals surface area contributed by atoms with Gasteiger partial charge in [0.05, 0.1) is 4.88 Å². The van der Waals surface area contributed by atoms with Crippen molar-refractivity contribution >= 4 is 34.3 Å². The molecule has 0 fully saturated rings. The fourth-order valence-electron chi connectivity index (χ4n) is 2.91. The van der Waals surface area contributed by atoms with Crippen molar-refractivity contribution in [3.63, 3.8) is 0 Å². The van der Waals surface area contributed by atoms with E-state index < -0.39 is 0 Å². The lowest BCUT2D eigenvalue weighted by Crippen LogP contribution is -2.29. The van der Waals surface area contributed by atoms with Crippen molar-refractivity contribution in [1.82, 2.24) is 4.90 Å². The summed E-state index contributed by atoms with van der Waals surface area (Å²) in [5.41, 5.74) is 3.11. The van der Waals surface area contributed by atoms with Gasteiger partial charge >= 0.3 is 0 Å². The van der Waals surface area contributed by atoms with Crippen molar-refractivity contribution in [3.8, 4) is 0 Å². The standard InChI is InChI=1S/C22H31N3OS.C2H6/c1-6-22(26)25(7-2)20-12-10-19(11-13-20)23-15-8-16-24(5)18(4)21-14-9-17(3)27-21;1-2/h9-14,23H,4,6-8,15-16H2,1-3,5H3;1-2H3. The third kappa shape index (κ3) is 7.58. The van der Waals surface area contributed by atoms with Crippen LogP contribution in [-0.4, -0.2) is 37.5 Å². The lowest BCUT2D eigenvalue weighted by molar-refractivity contribution is -0.118. The number of thiophene rings is 1. The molecule has 1 amide bonds. The van der Waals surface area contributed by atoms with E-state index in [9.17, 15) is 4.79 Å². The molecule has 0 saturated carbocycles. The molecule has 0 aliphatic carbocycles. The molecule has 5 heteroatoms. The quantitative estimate of drug-likeness (QED) is 0.466. The van der Waals surface area contributed by atoms with Crippen molar-refractivity contribution in [2.45, 2.75) is 47.5 Å². The number of carbonyl (C=O) groups excluding carboxylic acids is 1. The average Bonchev–Trinajstić information content (AvgIpc) is 3.19. The van der Waals surface area contributed by atoms with Gasteiger partial charge < -0.3 is 15.1 Å². The van der Waals surface area contributed by atoms with Gasteiger partial charge in [-0.05, 0) is 56.7 Å². The Morgan fingerprint density at radius 1 is 1.10 bits per heavy atom. The summed E-state index contributed by atoms with van der Waals surface area (Å²) in [4.78, 5) is 18.5. The highest BCUT2D eigenvalue weighted by molar-refractivity contribution is 7.13. The SMILES string of the molecule is C=C(c1ccc(C)s1)N(C)CCCNc1ccc(N(CC)C(=O)CC)cc1.CC. The minimum atomic E-state index is 0.155. The van der Waals surface area contributed by atoms with Gasteiger partial charge in [0, 0.05) is 55.1 Å². The van der Waals surface area contributed by atoms with Gasteiger partial charge in [-0.1, -0.05) is 27.4 Å². The molecule has 0 unspecified atom stereocenters. The van der Waals surface area contributed by atoms with Gasteiger partial charge in [-0.2, -0.15) is 0 Å². The van der Waals surface area contributed by atoms with Crippen LogP contribution < -0.4 is 10.2 Å². The maximum absolute atomic E-state index is 12.0.